The molecule has 0 atom stereocenters. The predicted molar refractivity (Wildman–Crippen MR) is 107 cm³/mol. The van der Waals surface area contributed by atoms with E-state index in [1.807, 2.05) is 80.6 Å². The third-order valence-corrected chi connectivity index (χ3v) is 4.55. The number of benzene rings is 2. The van der Waals surface area contributed by atoms with E-state index in [0.717, 1.165) is 22.6 Å². The number of carbonyl (C=O) groups is 1. The van der Waals surface area contributed by atoms with Crippen LogP contribution in [0.15, 0.2) is 82.5 Å². The van der Waals surface area contributed by atoms with Crippen LogP contribution in [0.25, 0.3) is 22.6 Å². The summed E-state index contributed by atoms with van der Waals surface area (Å²) in [7, 11) is 0. The van der Waals surface area contributed by atoms with Crippen molar-refractivity contribution >= 4 is 17.5 Å². The molecule has 4 heteroatoms. The fourth-order valence-electron chi connectivity index (χ4n) is 2.42. The second kappa shape index (κ2) is 8.68. The summed E-state index contributed by atoms with van der Waals surface area (Å²) in [6, 6.07) is 19.9. The van der Waals surface area contributed by atoms with Gasteiger partial charge in [-0.05, 0) is 12.0 Å². The third-order valence-electron chi connectivity index (χ3n) is 3.70. The second-order valence-corrected chi connectivity index (χ2v) is 7.17. The Hall–Kier alpha value is -2.59. The molecule has 0 radical (unpaired) electrons. The average Bonchev–Trinajstić information content (AvgIpc) is 3.10. The number of ketones is 1. The van der Waals surface area contributed by atoms with Gasteiger partial charge in [-0.15, -0.1) is 0 Å². The van der Waals surface area contributed by atoms with Crippen molar-refractivity contribution in [2.45, 2.75) is 19.1 Å². The Balaban J connectivity index is 1.86. The van der Waals surface area contributed by atoms with Gasteiger partial charge in [0.25, 0.3) is 5.22 Å². The molecule has 0 aliphatic carbocycles. The average molecular weight is 363 g/mol. The van der Waals surface area contributed by atoms with Gasteiger partial charge in [0.2, 0.25) is 0 Å². The Kier molecular flexibility index (Phi) is 6.08. The molecule has 0 saturated heterocycles. The van der Waals surface area contributed by atoms with E-state index in [4.69, 9.17) is 4.42 Å². The van der Waals surface area contributed by atoms with Crippen molar-refractivity contribution < 1.29 is 9.21 Å². The maximum absolute atomic E-state index is 12.0. The molecule has 132 valence electrons. The van der Waals surface area contributed by atoms with E-state index in [9.17, 15) is 4.79 Å². The van der Waals surface area contributed by atoms with Crippen LogP contribution in [0, 0.1) is 5.92 Å². The van der Waals surface area contributed by atoms with Gasteiger partial charge in [0, 0.05) is 11.1 Å². The lowest BCUT2D eigenvalue weighted by atomic mass is 10.1. The summed E-state index contributed by atoms with van der Waals surface area (Å²) in [5.74, 6) is 1.46. The number of nitrogens with zero attached hydrogens (tertiary/aromatic N) is 1. The zero-order chi connectivity index (χ0) is 18.4. The van der Waals surface area contributed by atoms with Crippen molar-refractivity contribution in [3.8, 4) is 22.6 Å². The van der Waals surface area contributed by atoms with Crippen molar-refractivity contribution in [2.24, 2.45) is 5.92 Å². The van der Waals surface area contributed by atoms with Gasteiger partial charge in [-0.3, -0.25) is 4.79 Å². The third kappa shape index (κ3) is 4.73. The SMILES string of the molecule is CC(C)/C=C/C(=O)CSc1nc(-c2ccccc2)c(-c2ccccc2)o1. The highest BCUT2D eigenvalue weighted by molar-refractivity contribution is 7.99. The summed E-state index contributed by atoms with van der Waals surface area (Å²) in [6.07, 6.45) is 3.54. The molecule has 2 aromatic carbocycles. The first-order valence-electron chi connectivity index (χ1n) is 8.59. The van der Waals surface area contributed by atoms with Crippen LogP contribution in [-0.4, -0.2) is 16.5 Å². The summed E-state index contributed by atoms with van der Waals surface area (Å²) in [6.45, 7) is 4.09. The zero-order valence-corrected chi connectivity index (χ0v) is 15.7. The van der Waals surface area contributed by atoms with E-state index in [0.29, 0.717) is 16.9 Å². The lowest BCUT2D eigenvalue weighted by Gasteiger charge is -2.00. The van der Waals surface area contributed by atoms with E-state index < -0.39 is 0 Å². The van der Waals surface area contributed by atoms with Gasteiger partial charge >= 0.3 is 0 Å². The largest absolute Gasteiger partial charge is 0.431 e. The molecule has 3 nitrogen and oxygen atoms in total. The number of hydrogen-bond acceptors (Lipinski definition) is 4. The minimum absolute atomic E-state index is 0.0597. The molecule has 1 aromatic heterocycles. The molecule has 0 N–H and O–H groups in total. The number of aromatic nitrogens is 1. The molecule has 0 spiro atoms. The standard InChI is InChI=1S/C22H21NO2S/c1-16(2)13-14-19(24)15-26-22-23-20(17-9-5-3-6-10-17)21(25-22)18-11-7-4-8-12-18/h3-14,16H,15H2,1-2H3/b14-13+. The van der Waals surface area contributed by atoms with Gasteiger partial charge in [-0.2, -0.15) is 0 Å². The monoisotopic (exact) mass is 363 g/mol. The van der Waals surface area contributed by atoms with Gasteiger partial charge in [0.05, 0.1) is 5.75 Å². The summed E-state index contributed by atoms with van der Waals surface area (Å²) in [5, 5.41) is 0.508. The molecular weight excluding hydrogens is 342 g/mol. The van der Waals surface area contributed by atoms with Gasteiger partial charge in [0.15, 0.2) is 11.5 Å². The van der Waals surface area contributed by atoms with Crippen molar-refractivity contribution in [3.05, 3.63) is 72.8 Å². The number of oxazole rings is 1. The Morgan fingerprint density at radius 2 is 1.65 bits per heavy atom. The smallest absolute Gasteiger partial charge is 0.257 e. The molecule has 0 aliphatic heterocycles. The molecule has 0 bridgehead atoms. The minimum Gasteiger partial charge on any atom is -0.431 e. The highest BCUT2D eigenvalue weighted by Crippen LogP contribution is 2.35. The Morgan fingerprint density at radius 1 is 1.04 bits per heavy atom. The lowest BCUT2D eigenvalue weighted by molar-refractivity contribution is -0.112. The quantitative estimate of drug-likeness (QED) is 0.388. The number of thioether (sulfide) groups is 1. The molecule has 26 heavy (non-hydrogen) atoms. The first kappa shape index (κ1) is 18.2. The summed E-state index contributed by atoms with van der Waals surface area (Å²) < 4.78 is 6.01. The van der Waals surface area contributed by atoms with E-state index in [2.05, 4.69) is 4.98 Å². The van der Waals surface area contributed by atoms with Crippen LogP contribution in [0.5, 0.6) is 0 Å². The van der Waals surface area contributed by atoms with Crippen molar-refractivity contribution in [2.75, 3.05) is 5.75 Å². The zero-order valence-electron chi connectivity index (χ0n) is 14.9. The van der Waals surface area contributed by atoms with Crippen molar-refractivity contribution in [1.82, 2.24) is 4.98 Å². The van der Waals surface area contributed by atoms with Crippen molar-refractivity contribution in [3.63, 3.8) is 0 Å². The predicted octanol–water partition coefficient (Wildman–Crippen LogP) is 5.88. The molecule has 0 unspecified atom stereocenters. The van der Waals surface area contributed by atoms with Crippen LogP contribution in [0.3, 0.4) is 0 Å². The first-order chi connectivity index (χ1) is 12.6. The van der Waals surface area contributed by atoms with Gasteiger partial charge in [-0.1, -0.05) is 92.3 Å². The van der Waals surface area contributed by atoms with Gasteiger partial charge in [0.1, 0.15) is 5.69 Å². The number of rotatable bonds is 7. The topological polar surface area (TPSA) is 43.1 Å². The van der Waals surface area contributed by atoms with Crippen LogP contribution >= 0.6 is 11.8 Å². The maximum Gasteiger partial charge on any atom is 0.257 e. The first-order valence-corrected chi connectivity index (χ1v) is 9.57. The minimum atomic E-state index is 0.0597. The van der Waals surface area contributed by atoms with E-state index in [1.165, 1.54) is 11.8 Å². The highest BCUT2D eigenvalue weighted by atomic mass is 32.2. The second-order valence-electron chi connectivity index (χ2n) is 6.25. The lowest BCUT2D eigenvalue weighted by Crippen LogP contribution is -1.97. The van der Waals surface area contributed by atoms with E-state index >= 15 is 0 Å². The molecule has 1 heterocycles. The number of hydrogen-bond donors (Lipinski definition) is 0. The number of allylic oxidation sites excluding steroid dienone is 2. The molecule has 0 fully saturated rings. The summed E-state index contributed by atoms with van der Waals surface area (Å²) in [4.78, 5) is 16.6. The molecule has 0 aliphatic rings. The maximum atomic E-state index is 12.0. The van der Waals surface area contributed by atoms with Gasteiger partial charge < -0.3 is 4.42 Å². The highest BCUT2D eigenvalue weighted by Gasteiger charge is 2.17. The van der Waals surface area contributed by atoms with E-state index in [-0.39, 0.29) is 5.78 Å². The molecule has 0 saturated carbocycles. The molecular formula is C22H21NO2S. The molecule has 3 aromatic rings. The number of carbonyl (C=O) groups excluding carboxylic acids is 1. The Labute approximate surface area is 158 Å². The summed E-state index contributed by atoms with van der Waals surface area (Å²) >= 11 is 1.33. The van der Waals surface area contributed by atoms with E-state index in [1.54, 1.807) is 6.08 Å². The van der Waals surface area contributed by atoms with Crippen LogP contribution < -0.4 is 0 Å². The van der Waals surface area contributed by atoms with Gasteiger partial charge in [-0.25, -0.2) is 4.98 Å². The summed E-state index contributed by atoms with van der Waals surface area (Å²) in [5.41, 5.74) is 2.76. The van der Waals surface area contributed by atoms with Crippen LogP contribution in [-0.2, 0) is 4.79 Å². The van der Waals surface area contributed by atoms with Crippen LogP contribution in [0.4, 0.5) is 0 Å². The van der Waals surface area contributed by atoms with Crippen LogP contribution in [0.2, 0.25) is 0 Å². The molecule has 0 amide bonds. The Bertz CT molecular complexity index is 826. The fraction of sp³-hybridized carbons (Fsp3) is 0.182. The van der Waals surface area contributed by atoms with Crippen LogP contribution in [0.1, 0.15) is 13.8 Å². The molecule has 3 rings (SSSR count). The van der Waals surface area contributed by atoms with Crippen molar-refractivity contribution in [1.29, 1.82) is 0 Å². The fourth-order valence-corrected chi connectivity index (χ4v) is 3.08. The normalized spacial score (nSPS) is 11.3. The Morgan fingerprint density at radius 3 is 2.27 bits per heavy atom.